The number of nitrogens with one attached hydrogen (secondary N) is 1. The van der Waals surface area contributed by atoms with Crippen LogP contribution >= 0.6 is 0 Å². The molecule has 3 heteroatoms. The molecule has 2 atom stereocenters. The normalized spacial score (nSPS) is 28.0. The number of hydrogen-bond donors (Lipinski definition) is 1. The van der Waals surface area contributed by atoms with Crippen molar-refractivity contribution in [1.82, 2.24) is 10.2 Å². The standard InChI is InChI=1S/C16H30N2O/c1-13(2)18-10-11-19-15(12-18)16(17-3)14-8-6-4-5-7-9-14/h8,13,15-17H,4-7,9-12H2,1-3H3. The molecule has 0 aromatic carbocycles. The fraction of sp³-hybridized carbons (Fsp3) is 0.875. The molecule has 0 aromatic rings. The van der Waals surface area contributed by atoms with Gasteiger partial charge in [0.25, 0.3) is 0 Å². The highest BCUT2D eigenvalue weighted by molar-refractivity contribution is 5.15. The van der Waals surface area contributed by atoms with Gasteiger partial charge in [0, 0.05) is 19.1 Å². The minimum Gasteiger partial charge on any atom is -0.374 e. The number of allylic oxidation sites excluding steroid dienone is 1. The van der Waals surface area contributed by atoms with Gasteiger partial charge in [-0.15, -0.1) is 0 Å². The van der Waals surface area contributed by atoms with Gasteiger partial charge < -0.3 is 10.1 Å². The zero-order valence-electron chi connectivity index (χ0n) is 12.8. The van der Waals surface area contributed by atoms with E-state index in [4.69, 9.17) is 4.74 Å². The third-order valence-corrected chi connectivity index (χ3v) is 4.51. The van der Waals surface area contributed by atoms with Crippen LogP contribution in [0.4, 0.5) is 0 Å². The van der Waals surface area contributed by atoms with Gasteiger partial charge in [0.2, 0.25) is 0 Å². The van der Waals surface area contributed by atoms with Gasteiger partial charge >= 0.3 is 0 Å². The molecule has 2 rings (SSSR count). The molecule has 1 aliphatic heterocycles. The zero-order valence-corrected chi connectivity index (χ0v) is 12.8. The van der Waals surface area contributed by atoms with Crippen LogP contribution in [0.3, 0.4) is 0 Å². The number of likely N-dealkylation sites (N-methyl/N-ethyl adjacent to an activating group) is 1. The molecule has 3 nitrogen and oxygen atoms in total. The van der Waals surface area contributed by atoms with E-state index in [2.05, 4.69) is 37.2 Å². The molecule has 0 spiro atoms. The minimum atomic E-state index is 0.311. The lowest BCUT2D eigenvalue weighted by molar-refractivity contribution is -0.0492. The van der Waals surface area contributed by atoms with Crippen LogP contribution in [0.15, 0.2) is 11.6 Å². The van der Waals surface area contributed by atoms with E-state index < -0.39 is 0 Å². The van der Waals surface area contributed by atoms with Crippen molar-refractivity contribution in [2.75, 3.05) is 26.7 Å². The number of nitrogens with zero attached hydrogens (tertiary/aromatic N) is 1. The lowest BCUT2D eigenvalue weighted by Gasteiger charge is -2.39. The topological polar surface area (TPSA) is 24.5 Å². The van der Waals surface area contributed by atoms with Crippen LogP contribution in [0, 0.1) is 0 Å². The van der Waals surface area contributed by atoms with Crippen molar-refractivity contribution in [3.63, 3.8) is 0 Å². The molecule has 0 saturated carbocycles. The summed E-state index contributed by atoms with van der Waals surface area (Å²) in [6.45, 7) is 7.56. The van der Waals surface area contributed by atoms with Crippen molar-refractivity contribution < 1.29 is 4.74 Å². The first-order valence-electron chi connectivity index (χ1n) is 7.94. The molecule has 1 fully saturated rings. The van der Waals surface area contributed by atoms with E-state index in [9.17, 15) is 0 Å². The summed E-state index contributed by atoms with van der Waals surface area (Å²) in [5.41, 5.74) is 1.58. The van der Waals surface area contributed by atoms with Crippen molar-refractivity contribution in [3.05, 3.63) is 11.6 Å². The van der Waals surface area contributed by atoms with E-state index in [0.29, 0.717) is 18.2 Å². The van der Waals surface area contributed by atoms with Crippen LogP contribution in [0.5, 0.6) is 0 Å². The van der Waals surface area contributed by atoms with Gasteiger partial charge in [0.15, 0.2) is 0 Å². The maximum absolute atomic E-state index is 6.06. The Kier molecular flexibility index (Phi) is 5.86. The van der Waals surface area contributed by atoms with Crippen LogP contribution in [0.1, 0.15) is 46.0 Å². The van der Waals surface area contributed by atoms with E-state index >= 15 is 0 Å². The van der Waals surface area contributed by atoms with Crippen LogP contribution < -0.4 is 5.32 Å². The number of ether oxygens (including phenoxy) is 1. The van der Waals surface area contributed by atoms with Gasteiger partial charge in [-0.3, -0.25) is 4.90 Å². The van der Waals surface area contributed by atoms with Crippen LogP contribution in [0.2, 0.25) is 0 Å². The Morgan fingerprint density at radius 3 is 2.89 bits per heavy atom. The third-order valence-electron chi connectivity index (χ3n) is 4.51. The van der Waals surface area contributed by atoms with Gasteiger partial charge in [-0.25, -0.2) is 0 Å². The molecule has 1 heterocycles. The second-order valence-electron chi connectivity index (χ2n) is 6.14. The van der Waals surface area contributed by atoms with Crippen molar-refractivity contribution >= 4 is 0 Å². The molecule has 19 heavy (non-hydrogen) atoms. The maximum atomic E-state index is 6.06. The average Bonchev–Trinajstić information content (AvgIpc) is 2.69. The molecule has 110 valence electrons. The Hall–Kier alpha value is -0.380. The summed E-state index contributed by atoms with van der Waals surface area (Å²) in [6, 6.07) is 1.02. The number of rotatable bonds is 4. The Labute approximate surface area is 118 Å². The molecule has 1 saturated heterocycles. The number of morpholine rings is 1. The summed E-state index contributed by atoms with van der Waals surface area (Å²) in [4.78, 5) is 2.54. The number of hydrogen-bond acceptors (Lipinski definition) is 3. The smallest absolute Gasteiger partial charge is 0.0893 e. The van der Waals surface area contributed by atoms with Crippen LogP contribution in [-0.2, 0) is 4.74 Å². The predicted octanol–water partition coefficient (Wildman–Crippen LogP) is 2.57. The zero-order chi connectivity index (χ0) is 13.7. The van der Waals surface area contributed by atoms with Crippen LogP contribution in [-0.4, -0.2) is 49.8 Å². The van der Waals surface area contributed by atoms with Gasteiger partial charge in [-0.1, -0.05) is 18.1 Å². The van der Waals surface area contributed by atoms with Crippen molar-refractivity contribution in [2.45, 2.75) is 64.1 Å². The molecule has 0 radical (unpaired) electrons. The summed E-state index contributed by atoms with van der Waals surface area (Å²) >= 11 is 0. The highest BCUT2D eigenvalue weighted by Crippen LogP contribution is 2.24. The second kappa shape index (κ2) is 7.41. The average molecular weight is 266 g/mol. The molecular weight excluding hydrogens is 236 g/mol. The Balaban J connectivity index is 2.01. The molecule has 0 bridgehead atoms. The van der Waals surface area contributed by atoms with E-state index in [-0.39, 0.29) is 0 Å². The summed E-state index contributed by atoms with van der Waals surface area (Å²) in [5, 5.41) is 3.51. The molecule has 0 amide bonds. The Morgan fingerprint density at radius 1 is 1.32 bits per heavy atom. The fourth-order valence-corrected chi connectivity index (χ4v) is 3.30. The van der Waals surface area contributed by atoms with Gasteiger partial charge in [0.1, 0.15) is 0 Å². The summed E-state index contributed by atoms with van der Waals surface area (Å²) in [6.07, 6.45) is 9.33. The monoisotopic (exact) mass is 266 g/mol. The molecule has 1 N–H and O–H groups in total. The van der Waals surface area contributed by atoms with Gasteiger partial charge in [-0.05, 0) is 46.6 Å². The molecule has 2 aliphatic rings. The highest BCUT2D eigenvalue weighted by atomic mass is 16.5. The predicted molar refractivity (Wildman–Crippen MR) is 80.5 cm³/mol. The SMILES string of the molecule is CNC(C1=CCCCCC1)C1CN(C(C)C)CCO1. The molecule has 0 aromatic heterocycles. The van der Waals surface area contributed by atoms with Crippen molar-refractivity contribution in [1.29, 1.82) is 0 Å². The van der Waals surface area contributed by atoms with Crippen molar-refractivity contribution in [2.24, 2.45) is 0 Å². The van der Waals surface area contributed by atoms with Gasteiger partial charge in [-0.2, -0.15) is 0 Å². The largest absolute Gasteiger partial charge is 0.374 e. The Morgan fingerprint density at radius 2 is 2.16 bits per heavy atom. The first-order chi connectivity index (χ1) is 9.22. The molecular formula is C16H30N2O. The fourth-order valence-electron chi connectivity index (χ4n) is 3.30. The van der Waals surface area contributed by atoms with E-state index in [1.165, 1.54) is 32.1 Å². The second-order valence-corrected chi connectivity index (χ2v) is 6.14. The highest BCUT2D eigenvalue weighted by Gasteiger charge is 2.30. The van der Waals surface area contributed by atoms with E-state index in [1.54, 1.807) is 5.57 Å². The van der Waals surface area contributed by atoms with E-state index in [0.717, 1.165) is 19.7 Å². The lowest BCUT2D eigenvalue weighted by Crippen LogP contribution is -2.53. The summed E-state index contributed by atoms with van der Waals surface area (Å²) in [5.74, 6) is 0. The van der Waals surface area contributed by atoms with Crippen LogP contribution in [0.25, 0.3) is 0 Å². The first-order valence-corrected chi connectivity index (χ1v) is 7.94. The van der Waals surface area contributed by atoms with Gasteiger partial charge in [0.05, 0.1) is 18.8 Å². The molecule has 2 unspecified atom stereocenters. The summed E-state index contributed by atoms with van der Waals surface area (Å²) in [7, 11) is 2.08. The first kappa shape index (κ1) is 15.0. The summed E-state index contributed by atoms with van der Waals surface area (Å²) < 4.78 is 6.06. The van der Waals surface area contributed by atoms with E-state index in [1.807, 2.05) is 0 Å². The lowest BCUT2D eigenvalue weighted by atomic mass is 9.96. The Bertz CT molecular complexity index is 301. The quantitative estimate of drug-likeness (QED) is 0.792. The minimum absolute atomic E-state index is 0.311. The molecule has 1 aliphatic carbocycles. The third kappa shape index (κ3) is 4.04. The maximum Gasteiger partial charge on any atom is 0.0893 e. The van der Waals surface area contributed by atoms with Crippen molar-refractivity contribution in [3.8, 4) is 0 Å².